The normalized spacial score (nSPS) is 11.1. The first-order valence-corrected chi connectivity index (χ1v) is 10.6. The molecule has 0 aromatic carbocycles. The summed E-state index contributed by atoms with van der Waals surface area (Å²) >= 11 is 0. The fourth-order valence-corrected chi connectivity index (χ4v) is 2.09. The lowest BCUT2D eigenvalue weighted by molar-refractivity contribution is -0.145. The highest BCUT2D eigenvalue weighted by atomic mass is 16.6. The molecule has 0 radical (unpaired) electrons. The van der Waals surface area contributed by atoms with Crippen molar-refractivity contribution >= 4 is 5.97 Å². The number of unbranched alkanes of at least 4 members (excludes halogenated alkanes) is 2. The maximum absolute atomic E-state index is 11.4. The van der Waals surface area contributed by atoms with Gasteiger partial charge in [0.15, 0.2) is 0 Å². The van der Waals surface area contributed by atoms with E-state index in [1.54, 1.807) is 0 Å². The second-order valence-electron chi connectivity index (χ2n) is 6.14. The van der Waals surface area contributed by atoms with Gasteiger partial charge in [0.05, 0.1) is 79.3 Å². The van der Waals surface area contributed by atoms with Crippen molar-refractivity contribution in [2.45, 2.75) is 32.6 Å². The van der Waals surface area contributed by atoms with Crippen LogP contribution in [0.15, 0.2) is 0 Å². The van der Waals surface area contributed by atoms with Crippen LogP contribution in [0.4, 0.5) is 0 Å². The Morgan fingerprint density at radius 2 is 0.966 bits per heavy atom. The van der Waals surface area contributed by atoms with E-state index in [1.165, 1.54) is 0 Å². The number of nitrogens with two attached hydrogens (primary N) is 1. The molecule has 0 aromatic heterocycles. The average Bonchev–Trinajstić information content (AvgIpc) is 2.72. The Labute approximate surface area is 175 Å². The summed E-state index contributed by atoms with van der Waals surface area (Å²) in [6.07, 6.45) is 3.53. The van der Waals surface area contributed by atoms with Gasteiger partial charge in [0.2, 0.25) is 0 Å². The summed E-state index contributed by atoms with van der Waals surface area (Å²) in [6.45, 7) is 9.03. The number of rotatable bonds is 24. The molecule has 0 saturated carbocycles. The number of hydrogen-bond donors (Lipinski definition) is 1. The molecule has 0 aromatic rings. The quantitative estimate of drug-likeness (QED) is 0.181. The van der Waals surface area contributed by atoms with Crippen LogP contribution in [0.25, 0.3) is 0 Å². The third kappa shape index (κ3) is 25.2. The Morgan fingerprint density at radius 1 is 0.586 bits per heavy atom. The summed E-state index contributed by atoms with van der Waals surface area (Å²) in [5.41, 5.74) is 5.30. The number of ether oxygens (including phenoxy) is 7. The molecule has 0 atom stereocenters. The van der Waals surface area contributed by atoms with E-state index in [0.29, 0.717) is 98.9 Å². The lowest BCUT2D eigenvalue weighted by Gasteiger charge is -2.08. The van der Waals surface area contributed by atoms with Gasteiger partial charge in [-0.15, -0.1) is 0 Å². The maximum atomic E-state index is 11.4. The Morgan fingerprint density at radius 3 is 1.34 bits per heavy atom. The van der Waals surface area contributed by atoms with Crippen LogP contribution in [0, 0.1) is 0 Å². The van der Waals surface area contributed by atoms with E-state index in [2.05, 4.69) is 6.92 Å². The fraction of sp³-hybridized carbons (Fsp3) is 0.950. The molecule has 9 nitrogen and oxygen atoms in total. The highest BCUT2D eigenvalue weighted by Crippen LogP contribution is 2.00. The van der Waals surface area contributed by atoms with E-state index in [0.717, 1.165) is 19.3 Å². The van der Waals surface area contributed by atoms with Crippen LogP contribution in [0.5, 0.6) is 0 Å². The van der Waals surface area contributed by atoms with Gasteiger partial charge in [0, 0.05) is 13.0 Å². The molecule has 0 rings (SSSR count). The molecule has 0 aliphatic rings. The van der Waals surface area contributed by atoms with Gasteiger partial charge in [-0.2, -0.15) is 0 Å². The third-order valence-corrected chi connectivity index (χ3v) is 3.60. The number of esters is 1. The van der Waals surface area contributed by atoms with Gasteiger partial charge in [-0.25, -0.2) is 0 Å². The lowest BCUT2D eigenvalue weighted by Crippen LogP contribution is -2.15. The van der Waals surface area contributed by atoms with E-state index >= 15 is 0 Å². The molecule has 0 bridgehead atoms. The average molecular weight is 424 g/mol. The first-order valence-electron chi connectivity index (χ1n) is 10.6. The van der Waals surface area contributed by atoms with E-state index in [4.69, 9.17) is 38.9 Å². The van der Waals surface area contributed by atoms with E-state index in [-0.39, 0.29) is 5.97 Å². The molecule has 174 valence electrons. The molecule has 0 heterocycles. The van der Waals surface area contributed by atoms with E-state index < -0.39 is 0 Å². The van der Waals surface area contributed by atoms with Crippen LogP contribution in [-0.2, 0) is 38.0 Å². The molecule has 0 spiro atoms. The molecular formula is C20H41NO8. The van der Waals surface area contributed by atoms with Gasteiger partial charge in [-0.05, 0) is 6.42 Å². The van der Waals surface area contributed by atoms with Crippen LogP contribution in [0.3, 0.4) is 0 Å². The summed E-state index contributed by atoms with van der Waals surface area (Å²) in [4.78, 5) is 11.4. The first-order chi connectivity index (χ1) is 14.3. The smallest absolute Gasteiger partial charge is 0.305 e. The number of carbonyl (C=O) groups excluding carboxylic acids is 1. The summed E-state index contributed by atoms with van der Waals surface area (Å²) in [5, 5.41) is 0. The van der Waals surface area contributed by atoms with Crippen molar-refractivity contribution in [3.05, 3.63) is 0 Å². The van der Waals surface area contributed by atoms with Crippen molar-refractivity contribution in [2.24, 2.45) is 5.73 Å². The van der Waals surface area contributed by atoms with Gasteiger partial charge < -0.3 is 38.9 Å². The van der Waals surface area contributed by atoms with Crippen molar-refractivity contribution in [3.8, 4) is 0 Å². The highest BCUT2D eigenvalue weighted by molar-refractivity contribution is 5.69. The van der Waals surface area contributed by atoms with Crippen LogP contribution in [0.1, 0.15) is 32.6 Å². The summed E-state index contributed by atoms with van der Waals surface area (Å²) in [6, 6.07) is 0. The fourth-order valence-electron chi connectivity index (χ4n) is 2.09. The van der Waals surface area contributed by atoms with Crippen molar-refractivity contribution in [2.75, 3.05) is 92.4 Å². The number of hydrogen-bond acceptors (Lipinski definition) is 9. The zero-order valence-corrected chi connectivity index (χ0v) is 18.1. The second kappa shape index (κ2) is 25.2. The Hall–Kier alpha value is -0.810. The van der Waals surface area contributed by atoms with E-state index in [1.807, 2.05) is 0 Å². The zero-order valence-electron chi connectivity index (χ0n) is 18.1. The lowest BCUT2D eigenvalue weighted by atomic mass is 10.2. The van der Waals surface area contributed by atoms with Crippen LogP contribution < -0.4 is 5.73 Å². The van der Waals surface area contributed by atoms with Crippen LogP contribution in [-0.4, -0.2) is 98.4 Å². The first kappa shape index (κ1) is 28.2. The van der Waals surface area contributed by atoms with Crippen molar-refractivity contribution in [1.82, 2.24) is 0 Å². The zero-order chi connectivity index (χ0) is 21.3. The molecule has 0 amide bonds. The molecular weight excluding hydrogens is 382 g/mol. The van der Waals surface area contributed by atoms with Crippen LogP contribution >= 0.6 is 0 Å². The molecule has 0 unspecified atom stereocenters. The van der Waals surface area contributed by atoms with Gasteiger partial charge >= 0.3 is 5.97 Å². The second-order valence-corrected chi connectivity index (χ2v) is 6.14. The third-order valence-electron chi connectivity index (χ3n) is 3.60. The monoisotopic (exact) mass is 423 g/mol. The molecule has 0 saturated heterocycles. The van der Waals surface area contributed by atoms with Crippen LogP contribution in [0.2, 0.25) is 0 Å². The Kier molecular flexibility index (Phi) is 24.5. The largest absolute Gasteiger partial charge is 0.463 e. The summed E-state index contributed by atoms with van der Waals surface area (Å²) in [7, 11) is 0. The maximum Gasteiger partial charge on any atom is 0.305 e. The molecule has 2 N–H and O–H groups in total. The van der Waals surface area contributed by atoms with E-state index in [9.17, 15) is 4.79 Å². The molecule has 29 heavy (non-hydrogen) atoms. The topological polar surface area (TPSA) is 108 Å². The molecule has 0 aliphatic carbocycles. The SMILES string of the molecule is CCCCCC(=O)OCCOCCOCCOCCOCCOCCOCCN. The van der Waals surface area contributed by atoms with Gasteiger partial charge in [-0.3, -0.25) is 4.79 Å². The minimum Gasteiger partial charge on any atom is -0.463 e. The Balaban J connectivity index is 3.06. The Bertz CT molecular complexity index is 334. The predicted octanol–water partition coefficient (Wildman–Crippen LogP) is 1.17. The highest BCUT2D eigenvalue weighted by Gasteiger charge is 2.01. The van der Waals surface area contributed by atoms with Gasteiger partial charge in [-0.1, -0.05) is 19.8 Å². The molecule has 9 heteroatoms. The van der Waals surface area contributed by atoms with Crippen molar-refractivity contribution in [1.29, 1.82) is 0 Å². The molecule has 0 fully saturated rings. The standard InChI is InChI=1S/C20H41NO8/c1-2-3-4-5-20(22)29-19-18-28-17-16-27-15-14-26-13-12-25-11-10-24-9-8-23-7-6-21/h2-19,21H2,1H3. The predicted molar refractivity (Wildman–Crippen MR) is 109 cm³/mol. The summed E-state index contributed by atoms with van der Waals surface area (Å²) < 4.78 is 37.1. The minimum atomic E-state index is -0.153. The van der Waals surface area contributed by atoms with Gasteiger partial charge in [0.25, 0.3) is 0 Å². The van der Waals surface area contributed by atoms with Crippen molar-refractivity contribution in [3.63, 3.8) is 0 Å². The molecule has 0 aliphatic heterocycles. The number of carbonyl (C=O) groups is 1. The van der Waals surface area contributed by atoms with Gasteiger partial charge in [0.1, 0.15) is 6.61 Å². The minimum absolute atomic E-state index is 0.153. The summed E-state index contributed by atoms with van der Waals surface area (Å²) in [5.74, 6) is -0.153. The van der Waals surface area contributed by atoms with Crippen molar-refractivity contribution < 1.29 is 38.0 Å².